The van der Waals surface area contributed by atoms with Crippen LogP contribution in [0.2, 0.25) is 5.02 Å². The van der Waals surface area contributed by atoms with Crippen molar-refractivity contribution in [1.29, 1.82) is 0 Å². The van der Waals surface area contributed by atoms with Crippen LogP contribution in [0.15, 0.2) is 48.5 Å². The molecule has 0 unspecified atom stereocenters. The molecule has 0 aromatic heterocycles. The summed E-state index contributed by atoms with van der Waals surface area (Å²) in [5.41, 5.74) is 0.361. The molecule has 0 saturated carbocycles. The molecule has 1 atom stereocenters. The second-order valence-electron chi connectivity index (χ2n) is 6.00. The number of rotatable bonds is 9. The number of amides is 1. The first-order valence-electron chi connectivity index (χ1n) is 8.52. The first-order chi connectivity index (χ1) is 13.2. The van der Waals surface area contributed by atoms with Crippen molar-refractivity contribution in [3.8, 4) is 11.5 Å². The van der Waals surface area contributed by atoms with Crippen molar-refractivity contribution in [3.05, 3.63) is 53.6 Å². The molecule has 0 radical (unpaired) electrons. The van der Waals surface area contributed by atoms with Crippen LogP contribution in [0.1, 0.15) is 6.92 Å². The van der Waals surface area contributed by atoms with Crippen LogP contribution in [0.5, 0.6) is 11.5 Å². The number of hydrogen-bond acceptors (Lipinski definition) is 5. The molecule has 9 heteroatoms. The van der Waals surface area contributed by atoms with Gasteiger partial charge in [0.2, 0.25) is 15.9 Å². The maximum atomic E-state index is 12.5. The third kappa shape index (κ3) is 5.77. The third-order valence-corrected chi connectivity index (χ3v) is 5.39. The molecule has 0 spiro atoms. The molecule has 152 valence electrons. The van der Waals surface area contributed by atoms with E-state index in [1.54, 1.807) is 43.5 Å². The Morgan fingerprint density at radius 2 is 1.75 bits per heavy atom. The molecule has 7 nitrogen and oxygen atoms in total. The van der Waals surface area contributed by atoms with Crippen LogP contribution in [0.3, 0.4) is 0 Å². The molecule has 0 aliphatic carbocycles. The van der Waals surface area contributed by atoms with Gasteiger partial charge in [0.25, 0.3) is 0 Å². The number of carbonyl (C=O) groups is 1. The standard InChI is InChI=1S/C19H23ClN2O5S/c1-14(22(28(3,24)25)16-10-8-15(20)9-11-16)19(23)21-12-13-27-18-7-5-4-6-17(18)26-2/h4-11,14H,12-13H2,1-3H3,(H,21,23)/t14-/m1/s1. The maximum Gasteiger partial charge on any atom is 0.243 e. The van der Waals surface area contributed by atoms with Gasteiger partial charge in [-0.15, -0.1) is 0 Å². The normalized spacial score (nSPS) is 12.1. The van der Waals surface area contributed by atoms with E-state index in [9.17, 15) is 13.2 Å². The van der Waals surface area contributed by atoms with Crippen LogP contribution in [-0.4, -0.2) is 46.9 Å². The van der Waals surface area contributed by atoms with E-state index in [0.29, 0.717) is 22.2 Å². The lowest BCUT2D eigenvalue weighted by molar-refractivity contribution is -0.121. The highest BCUT2D eigenvalue weighted by Gasteiger charge is 2.28. The topological polar surface area (TPSA) is 84.9 Å². The molecule has 2 rings (SSSR count). The largest absolute Gasteiger partial charge is 0.493 e. The van der Waals surface area contributed by atoms with Crippen LogP contribution < -0.4 is 19.1 Å². The van der Waals surface area contributed by atoms with Gasteiger partial charge < -0.3 is 14.8 Å². The van der Waals surface area contributed by atoms with Crippen molar-refractivity contribution in [2.75, 3.05) is 30.8 Å². The lowest BCUT2D eigenvalue weighted by Gasteiger charge is -2.28. The Labute approximate surface area is 170 Å². The molecule has 0 aliphatic heterocycles. The van der Waals surface area contributed by atoms with Crippen LogP contribution in [0.4, 0.5) is 5.69 Å². The van der Waals surface area contributed by atoms with Gasteiger partial charge in [0.15, 0.2) is 11.5 Å². The minimum Gasteiger partial charge on any atom is -0.493 e. The number of benzene rings is 2. The van der Waals surface area contributed by atoms with Crippen molar-refractivity contribution < 1.29 is 22.7 Å². The van der Waals surface area contributed by atoms with Crippen molar-refractivity contribution in [2.24, 2.45) is 0 Å². The Balaban J connectivity index is 1.98. The number of sulfonamides is 1. The Morgan fingerprint density at radius 3 is 2.32 bits per heavy atom. The molecule has 0 fully saturated rings. The van der Waals surface area contributed by atoms with Gasteiger partial charge in [-0.05, 0) is 43.3 Å². The zero-order chi connectivity index (χ0) is 20.7. The number of nitrogens with zero attached hydrogens (tertiary/aromatic N) is 1. The summed E-state index contributed by atoms with van der Waals surface area (Å²) in [6.45, 7) is 1.93. The molecule has 0 bridgehead atoms. The van der Waals surface area contributed by atoms with Gasteiger partial charge in [-0.3, -0.25) is 9.10 Å². The summed E-state index contributed by atoms with van der Waals surface area (Å²) in [5.74, 6) is 0.711. The average molecular weight is 427 g/mol. The first-order valence-corrected chi connectivity index (χ1v) is 10.7. The Morgan fingerprint density at radius 1 is 1.14 bits per heavy atom. The highest BCUT2D eigenvalue weighted by Crippen LogP contribution is 2.25. The average Bonchev–Trinajstić information content (AvgIpc) is 2.66. The summed E-state index contributed by atoms with van der Waals surface area (Å²) in [6, 6.07) is 12.5. The van der Waals surface area contributed by atoms with Crippen molar-refractivity contribution in [1.82, 2.24) is 5.32 Å². The number of carbonyl (C=O) groups excluding carboxylic acids is 1. The lowest BCUT2D eigenvalue weighted by Crippen LogP contribution is -2.48. The quantitative estimate of drug-likeness (QED) is 0.623. The fourth-order valence-corrected chi connectivity index (χ4v) is 3.92. The highest BCUT2D eigenvalue weighted by atomic mass is 35.5. The maximum absolute atomic E-state index is 12.5. The Hall–Kier alpha value is -2.45. The van der Waals surface area contributed by atoms with E-state index in [-0.39, 0.29) is 13.2 Å². The Kier molecular flexibility index (Phi) is 7.53. The zero-order valence-corrected chi connectivity index (χ0v) is 17.5. The predicted octanol–water partition coefficient (Wildman–Crippen LogP) is 2.70. The Bertz CT molecular complexity index is 903. The molecule has 0 heterocycles. The summed E-state index contributed by atoms with van der Waals surface area (Å²) in [4.78, 5) is 12.5. The van der Waals surface area contributed by atoms with Crippen molar-refractivity contribution in [3.63, 3.8) is 0 Å². The number of para-hydroxylation sites is 2. The second-order valence-corrected chi connectivity index (χ2v) is 8.30. The van der Waals surface area contributed by atoms with Gasteiger partial charge in [0, 0.05) is 5.02 Å². The summed E-state index contributed by atoms with van der Waals surface area (Å²) in [7, 11) is -2.13. The number of methoxy groups -OCH3 is 1. The van der Waals surface area contributed by atoms with Crippen molar-refractivity contribution >= 4 is 33.2 Å². The van der Waals surface area contributed by atoms with Crippen LogP contribution in [-0.2, 0) is 14.8 Å². The van der Waals surface area contributed by atoms with Gasteiger partial charge in [-0.1, -0.05) is 23.7 Å². The molecular formula is C19H23ClN2O5S. The fraction of sp³-hybridized carbons (Fsp3) is 0.316. The number of anilines is 1. The highest BCUT2D eigenvalue weighted by molar-refractivity contribution is 7.92. The zero-order valence-electron chi connectivity index (χ0n) is 15.9. The van der Waals surface area contributed by atoms with E-state index < -0.39 is 22.0 Å². The van der Waals surface area contributed by atoms with Crippen LogP contribution in [0.25, 0.3) is 0 Å². The molecule has 0 saturated heterocycles. The summed E-state index contributed by atoms with van der Waals surface area (Å²) >= 11 is 5.86. The van der Waals surface area contributed by atoms with E-state index in [1.807, 2.05) is 12.1 Å². The van der Waals surface area contributed by atoms with Gasteiger partial charge in [0.1, 0.15) is 12.6 Å². The lowest BCUT2D eigenvalue weighted by atomic mass is 10.2. The van der Waals surface area contributed by atoms with Gasteiger partial charge in [0.05, 0.1) is 25.6 Å². The van der Waals surface area contributed by atoms with E-state index in [2.05, 4.69) is 5.32 Å². The summed E-state index contributed by atoms with van der Waals surface area (Å²) < 4.78 is 36.3. The SMILES string of the molecule is COc1ccccc1OCCNC(=O)[C@@H](C)N(c1ccc(Cl)cc1)S(C)(=O)=O. The van der Waals surface area contributed by atoms with E-state index in [4.69, 9.17) is 21.1 Å². The number of hydrogen-bond donors (Lipinski definition) is 1. The molecule has 28 heavy (non-hydrogen) atoms. The van der Waals surface area contributed by atoms with Crippen LogP contribution >= 0.6 is 11.6 Å². The predicted molar refractivity (Wildman–Crippen MR) is 110 cm³/mol. The second kappa shape index (κ2) is 9.66. The van der Waals surface area contributed by atoms with Crippen molar-refractivity contribution in [2.45, 2.75) is 13.0 Å². The van der Waals surface area contributed by atoms with E-state index in [1.165, 1.54) is 6.92 Å². The third-order valence-electron chi connectivity index (χ3n) is 3.90. The minimum absolute atomic E-state index is 0.207. The molecule has 1 N–H and O–H groups in total. The van der Waals surface area contributed by atoms with Gasteiger partial charge in [-0.25, -0.2) is 8.42 Å². The van der Waals surface area contributed by atoms with Crippen LogP contribution in [0, 0.1) is 0 Å². The molecule has 2 aromatic carbocycles. The monoisotopic (exact) mass is 426 g/mol. The van der Waals surface area contributed by atoms with Gasteiger partial charge >= 0.3 is 0 Å². The number of nitrogens with one attached hydrogen (secondary N) is 1. The number of ether oxygens (including phenoxy) is 2. The molecule has 0 aliphatic rings. The number of halogens is 1. The molecule has 1 amide bonds. The minimum atomic E-state index is -3.68. The molecular weight excluding hydrogens is 404 g/mol. The van der Waals surface area contributed by atoms with Gasteiger partial charge in [-0.2, -0.15) is 0 Å². The smallest absolute Gasteiger partial charge is 0.243 e. The molecule has 2 aromatic rings. The first kappa shape index (κ1) is 21.8. The summed E-state index contributed by atoms with van der Waals surface area (Å²) in [5, 5.41) is 3.16. The fourth-order valence-electron chi connectivity index (χ4n) is 2.62. The summed E-state index contributed by atoms with van der Waals surface area (Å²) in [6.07, 6.45) is 1.05. The van der Waals surface area contributed by atoms with E-state index >= 15 is 0 Å². The van der Waals surface area contributed by atoms with E-state index in [0.717, 1.165) is 10.6 Å².